The van der Waals surface area contributed by atoms with E-state index >= 15 is 0 Å². The second-order valence-electron chi connectivity index (χ2n) is 6.12. The van der Waals surface area contributed by atoms with Crippen LogP contribution in [-0.4, -0.2) is 28.4 Å². The van der Waals surface area contributed by atoms with Crippen LogP contribution in [-0.2, 0) is 0 Å². The summed E-state index contributed by atoms with van der Waals surface area (Å²) in [6.45, 7) is 2.98. The van der Waals surface area contributed by atoms with Gasteiger partial charge in [-0.05, 0) is 38.3 Å². The molecule has 1 aromatic carbocycles. The lowest BCUT2D eigenvalue weighted by Crippen LogP contribution is -2.41. The van der Waals surface area contributed by atoms with Crippen LogP contribution < -0.4 is 0 Å². The zero-order valence-electron chi connectivity index (χ0n) is 12.9. The van der Waals surface area contributed by atoms with Gasteiger partial charge in [0.1, 0.15) is 5.15 Å². The number of nitrogens with zero attached hydrogens (tertiary/aromatic N) is 2. The number of likely N-dealkylation sites (tertiary alicyclic amines) is 1. The summed E-state index contributed by atoms with van der Waals surface area (Å²) in [6.07, 6.45) is 3.38. The molecule has 4 rings (SSSR count). The van der Waals surface area contributed by atoms with Gasteiger partial charge in [0.15, 0.2) is 0 Å². The third kappa shape index (κ3) is 2.50. The Morgan fingerprint density at radius 1 is 1.30 bits per heavy atom. The van der Waals surface area contributed by atoms with Gasteiger partial charge in [-0.3, -0.25) is 4.79 Å². The third-order valence-electron chi connectivity index (χ3n) is 4.60. The van der Waals surface area contributed by atoms with Gasteiger partial charge in [-0.1, -0.05) is 29.8 Å². The van der Waals surface area contributed by atoms with Crippen molar-refractivity contribution in [3.8, 4) is 0 Å². The van der Waals surface area contributed by atoms with Crippen LogP contribution in [0.2, 0.25) is 5.15 Å². The van der Waals surface area contributed by atoms with Gasteiger partial charge >= 0.3 is 0 Å². The van der Waals surface area contributed by atoms with Crippen molar-refractivity contribution in [1.82, 2.24) is 9.88 Å². The first-order valence-electron chi connectivity index (χ1n) is 7.94. The van der Waals surface area contributed by atoms with Gasteiger partial charge in [0.05, 0.1) is 10.4 Å². The van der Waals surface area contributed by atoms with Crippen molar-refractivity contribution in [1.29, 1.82) is 0 Å². The van der Waals surface area contributed by atoms with Crippen molar-refractivity contribution in [3.63, 3.8) is 0 Å². The first kappa shape index (κ1) is 14.9. The predicted molar refractivity (Wildman–Crippen MR) is 96.5 cm³/mol. The molecule has 0 unspecified atom stereocenters. The predicted octanol–water partition coefficient (Wildman–Crippen LogP) is 5.12. The fourth-order valence-electron chi connectivity index (χ4n) is 3.32. The number of halogens is 1. The summed E-state index contributed by atoms with van der Waals surface area (Å²) < 4.78 is 1.05. The Hall–Kier alpha value is -1.65. The maximum absolute atomic E-state index is 12.9. The second-order valence-corrected chi connectivity index (χ2v) is 7.53. The number of fused-ring (bicyclic) bond motifs is 3. The lowest BCUT2D eigenvalue weighted by atomic mass is 10.0. The van der Waals surface area contributed by atoms with Crippen LogP contribution in [0.5, 0.6) is 0 Å². The lowest BCUT2D eigenvalue weighted by molar-refractivity contribution is 0.0641. The van der Waals surface area contributed by atoms with E-state index < -0.39 is 0 Å². The molecular weight excluding hydrogens is 328 g/mol. The first-order chi connectivity index (χ1) is 11.1. The molecule has 0 N–H and O–H groups in total. The van der Waals surface area contributed by atoms with E-state index in [0.717, 1.165) is 45.3 Å². The van der Waals surface area contributed by atoms with Crippen molar-refractivity contribution in [2.45, 2.75) is 32.2 Å². The van der Waals surface area contributed by atoms with Crippen LogP contribution in [0.15, 0.2) is 30.3 Å². The van der Waals surface area contributed by atoms with E-state index in [1.54, 1.807) is 0 Å². The van der Waals surface area contributed by atoms with E-state index in [4.69, 9.17) is 11.6 Å². The fourth-order valence-corrected chi connectivity index (χ4v) is 4.77. The molecule has 1 aliphatic heterocycles. The van der Waals surface area contributed by atoms with Crippen LogP contribution in [0.3, 0.4) is 0 Å². The highest BCUT2D eigenvalue weighted by atomic mass is 35.5. The maximum atomic E-state index is 12.9. The number of carbonyl (C=O) groups excluding carboxylic acids is 1. The largest absolute Gasteiger partial charge is 0.335 e. The third-order valence-corrected chi connectivity index (χ3v) is 6.04. The average Bonchev–Trinajstić information content (AvgIpc) is 3.01. The Labute approximate surface area is 143 Å². The van der Waals surface area contributed by atoms with Gasteiger partial charge in [-0.15, -0.1) is 11.3 Å². The Bertz CT molecular complexity index is 905. The molecule has 5 heteroatoms. The normalized spacial score (nSPS) is 18.7. The number of pyridine rings is 1. The number of hydrogen-bond acceptors (Lipinski definition) is 3. The molecule has 1 saturated heterocycles. The number of piperidine rings is 1. The summed E-state index contributed by atoms with van der Waals surface area (Å²) in [7, 11) is 0. The highest BCUT2D eigenvalue weighted by Crippen LogP contribution is 2.36. The highest BCUT2D eigenvalue weighted by Gasteiger charge is 2.26. The van der Waals surface area contributed by atoms with E-state index in [0.29, 0.717) is 11.2 Å². The topological polar surface area (TPSA) is 33.2 Å². The molecular formula is C18H17ClN2OS. The number of aromatic nitrogens is 1. The number of thiophene rings is 1. The highest BCUT2D eigenvalue weighted by molar-refractivity contribution is 7.21. The molecule has 3 aromatic rings. The summed E-state index contributed by atoms with van der Waals surface area (Å²) in [5.41, 5.74) is 0.872. The van der Waals surface area contributed by atoms with E-state index in [2.05, 4.69) is 11.9 Å². The fraction of sp³-hybridized carbons (Fsp3) is 0.333. The minimum Gasteiger partial charge on any atom is -0.335 e. The number of rotatable bonds is 1. The minimum atomic E-state index is 0.124. The van der Waals surface area contributed by atoms with Gasteiger partial charge in [0.2, 0.25) is 0 Å². The number of benzene rings is 1. The number of carbonyl (C=O) groups is 1. The zero-order chi connectivity index (χ0) is 16.0. The number of para-hydroxylation sites is 1. The van der Waals surface area contributed by atoms with Crippen molar-refractivity contribution in [2.75, 3.05) is 6.54 Å². The molecule has 3 nitrogen and oxygen atoms in total. The molecule has 23 heavy (non-hydrogen) atoms. The number of hydrogen-bond donors (Lipinski definition) is 0. The maximum Gasteiger partial charge on any atom is 0.264 e. The monoisotopic (exact) mass is 344 g/mol. The Balaban J connectivity index is 1.84. The van der Waals surface area contributed by atoms with Crippen LogP contribution in [0.25, 0.3) is 21.0 Å². The van der Waals surface area contributed by atoms with E-state index in [1.807, 2.05) is 35.2 Å². The quantitative estimate of drug-likeness (QED) is 0.574. The van der Waals surface area contributed by atoms with Crippen LogP contribution in [0, 0.1) is 0 Å². The van der Waals surface area contributed by atoms with Gasteiger partial charge < -0.3 is 4.90 Å². The van der Waals surface area contributed by atoms with Crippen LogP contribution in [0.1, 0.15) is 35.9 Å². The number of amides is 1. The van der Waals surface area contributed by atoms with Crippen LogP contribution >= 0.6 is 22.9 Å². The smallest absolute Gasteiger partial charge is 0.264 e. The SMILES string of the molecule is C[C@H]1CCCCN1C(=O)c1cc2c(Cl)nc3ccccc3c2s1. The van der Waals surface area contributed by atoms with Gasteiger partial charge in [0, 0.05) is 28.1 Å². The molecule has 1 atom stereocenters. The molecule has 0 aliphatic carbocycles. The molecule has 0 radical (unpaired) electrons. The molecule has 1 fully saturated rings. The summed E-state index contributed by atoms with van der Waals surface area (Å²) in [4.78, 5) is 20.1. The van der Waals surface area contributed by atoms with Crippen molar-refractivity contribution in [3.05, 3.63) is 40.4 Å². The van der Waals surface area contributed by atoms with Crippen LogP contribution in [0.4, 0.5) is 0 Å². The van der Waals surface area contributed by atoms with Crippen molar-refractivity contribution in [2.24, 2.45) is 0 Å². The average molecular weight is 345 g/mol. The van der Waals surface area contributed by atoms with Gasteiger partial charge in [-0.25, -0.2) is 4.98 Å². The lowest BCUT2D eigenvalue weighted by Gasteiger charge is -2.33. The Morgan fingerprint density at radius 3 is 2.96 bits per heavy atom. The molecule has 1 amide bonds. The zero-order valence-corrected chi connectivity index (χ0v) is 14.5. The summed E-state index contributed by atoms with van der Waals surface area (Å²) >= 11 is 7.87. The Morgan fingerprint density at radius 2 is 2.13 bits per heavy atom. The minimum absolute atomic E-state index is 0.124. The first-order valence-corrected chi connectivity index (χ1v) is 9.13. The van der Waals surface area contributed by atoms with Gasteiger partial charge in [-0.2, -0.15) is 0 Å². The second kappa shape index (κ2) is 5.77. The Kier molecular flexibility index (Phi) is 3.74. The molecule has 0 saturated carbocycles. The van der Waals surface area contributed by atoms with E-state index in [1.165, 1.54) is 17.8 Å². The molecule has 0 bridgehead atoms. The van der Waals surface area contributed by atoms with E-state index in [-0.39, 0.29) is 5.91 Å². The summed E-state index contributed by atoms with van der Waals surface area (Å²) in [6, 6.07) is 10.2. The van der Waals surface area contributed by atoms with E-state index in [9.17, 15) is 4.79 Å². The standard InChI is InChI=1S/C18H17ClN2OS/c1-11-6-4-5-9-21(11)18(22)15-10-13-16(23-15)12-7-2-3-8-14(12)20-17(13)19/h2-3,7-8,10-11H,4-6,9H2,1H3/t11-/m0/s1. The molecule has 3 heterocycles. The van der Waals surface area contributed by atoms with Crippen molar-refractivity contribution >= 4 is 49.8 Å². The molecule has 2 aromatic heterocycles. The summed E-state index contributed by atoms with van der Waals surface area (Å²) in [5, 5.41) is 2.41. The van der Waals surface area contributed by atoms with Gasteiger partial charge in [0.25, 0.3) is 5.91 Å². The molecule has 118 valence electrons. The molecule has 0 spiro atoms. The van der Waals surface area contributed by atoms with Crippen molar-refractivity contribution < 1.29 is 4.79 Å². The molecule has 1 aliphatic rings. The summed E-state index contributed by atoms with van der Waals surface area (Å²) in [5.74, 6) is 0.124.